The molecular formula is C21H25N5O5. The van der Waals surface area contributed by atoms with Crippen molar-refractivity contribution < 1.29 is 24.2 Å². The molecule has 2 aromatic rings. The molecule has 0 saturated carbocycles. The Bertz CT molecular complexity index is 943. The molecule has 0 fully saturated rings. The molecular weight excluding hydrogens is 402 g/mol. The minimum atomic E-state index is -1.18. The normalized spacial score (nSPS) is 11.7. The first kappa shape index (κ1) is 23.4. The summed E-state index contributed by atoms with van der Waals surface area (Å²) >= 11 is 0. The molecule has 0 bridgehead atoms. The lowest BCUT2D eigenvalue weighted by Gasteiger charge is -2.16. The van der Waals surface area contributed by atoms with Gasteiger partial charge >= 0.3 is 12.1 Å². The summed E-state index contributed by atoms with van der Waals surface area (Å²) < 4.78 is 4.92. The van der Waals surface area contributed by atoms with Crippen LogP contribution in [0.15, 0.2) is 53.5 Å². The molecule has 0 unspecified atom stereocenters. The molecule has 0 saturated heterocycles. The Labute approximate surface area is 179 Å². The quantitative estimate of drug-likeness (QED) is 0.178. The van der Waals surface area contributed by atoms with Crippen LogP contribution in [0.2, 0.25) is 0 Å². The number of aliphatic imine (C=N–C) groups is 1. The SMILES string of the molecule is CC(C)OC(=O)N[C@@H](Cc1ccc(NC(=O)c2cccc(N=CNN)c2)cc1)C(=O)O. The van der Waals surface area contributed by atoms with Gasteiger partial charge in [0.2, 0.25) is 0 Å². The maximum Gasteiger partial charge on any atom is 0.408 e. The number of hydrogen-bond acceptors (Lipinski definition) is 6. The van der Waals surface area contributed by atoms with Crippen molar-refractivity contribution in [3.8, 4) is 0 Å². The molecule has 0 aliphatic heterocycles. The van der Waals surface area contributed by atoms with E-state index in [1.165, 1.54) is 6.34 Å². The van der Waals surface area contributed by atoms with Gasteiger partial charge in [0, 0.05) is 17.7 Å². The predicted molar refractivity (Wildman–Crippen MR) is 116 cm³/mol. The lowest BCUT2D eigenvalue weighted by atomic mass is 10.1. The molecule has 164 valence electrons. The molecule has 2 aromatic carbocycles. The number of anilines is 1. The Morgan fingerprint density at radius 2 is 1.87 bits per heavy atom. The van der Waals surface area contributed by atoms with Crippen LogP contribution in [-0.4, -0.2) is 41.6 Å². The first-order chi connectivity index (χ1) is 14.8. The number of hydrogen-bond donors (Lipinski definition) is 5. The number of ether oxygens (including phenoxy) is 1. The zero-order valence-corrected chi connectivity index (χ0v) is 17.2. The Morgan fingerprint density at radius 1 is 1.16 bits per heavy atom. The van der Waals surface area contributed by atoms with Gasteiger partial charge in [0.05, 0.1) is 11.8 Å². The number of nitrogens with zero attached hydrogens (tertiary/aromatic N) is 1. The highest BCUT2D eigenvalue weighted by atomic mass is 16.6. The van der Waals surface area contributed by atoms with Crippen molar-refractivity contribution in [1.82, 2.24) is 10.7 Å². The van der Waals surface area contributed by atoms with Crippen LogP contribution >= 0.6 is 0 Å². The van der Waals surface area contributed by atoms with Crippen molar-refractivity contribution in [3.63, 3.8) is 0 Å². The molecule has 0 aliphatic carbocycles. The molecule has 0 spiro atoms. The Hall–Kier alpha value is -3.92. The van der Waals surface area contributed by atoms with Crippen LogP contribution in [0.25, 0.3) is 0 Å². The Balaban J connectivity index is 2.01. The number of benzene rings is 2. The second-order valence-electron chi connectivity index (χ2n) is 6.82. The summed E-state index contributed by atoms with van der Waals surface area (Å²) in [5.74, 6) is 3.64. The minimum absolute atomic E-state index is 0.0615. The highest BCUT2D eigenvalue weighted by Gasteiger charge is 2.21. The molecule has 31 heavy (non-hydrogen) atoms. The summed E-state index contributed by atoms with van der Waals surface area (Å²) in [6.07, 6.45) is 0.214. The third kappa shape index (κ3) is 7.78. The van der Waals surface area contributed by atoms with Gasteiger partial charge in [0.15, 0.2) is 0 Å². The fraction of sp³-hybridized carbons (Fsp3) is 0.238. The van der Waals surface area contributed by atoms with E-state index >= 15 is 0 Å². The van der Waals surface area contributed by atoms with E-state index in [9.17, 15) is 19.5 Å². The first-order valence-electron chi connectivity index (χ1n) is 9.47. The van der Waals surface area contributed by atoms with Crippen LogP contribution in [0.5, 0.6) is 0 Å². The van der Waals surface area contributed by atoms with Gasteiger partial charge in [-0.3, -0.25) is 4.79 Å². The molecule has 1 atom stereocenters. The van der Waals surface area contributed by atoms with Crippen molar-refractivity contribution in [2.75, 3.05) is 5.32 Å². The van der Waals surface area contributed by atoms with Gasteiger partial charge in [-0.25, -0.2) is 20.4 Å². The average molecular weight is 427 g/mol. The third-order valence-electron chi connectivity index (χ3n) is 3.98. The number of carbonyl (C=O) groups excluding carboxylic acids is 2. The Kier molecular flexibility index (Phi) is 8.52. The molecule has 10 nitrogen and oxygen atoms in total. The fourth-order valence-electron chi connectivity index (χ4n) is 2.59. The highest BCUT2D eigenvalue weighted by Crippen LogP contribution is 2.16. The average Bonchev–Trinajstić information content (AvgIpc) is 2.72. The largest absolute Gasteiger partial charge is 0.480 e. The van der Waals surface area contributed by atoms with Crippen LogP contribution in [0.1, 0.15) is 29.8 Å². The number of hydrazine groups is 1. The molecule has 0 radical (unpaired) electrons. The van der Waals surface area contributed by atoms with Gasteiger partial charge in [-0.2, -0.15) is 0 Å². The molecule has 2 rings (SSSR count). The standard InChI is InChI=1S/C21H25N5O5/c1-13(2)31-21(30)26-18(20(28)29)10-14-6-8-16(9-7-14)25-19(27)15-4-3-5-17(11-15)23-12-24-22/h3-9,11-13,18H,10,22H2,1-2H3,(H,23,24)(H,25,27)(H,26,30)(H,28,29)/t18-/m0/s1. The van der Waals surface area contributed by atoms with E-state index in [0.717, 1.165) is 0 Å². The second-order valence-corrected chi connectivity index (χ2v) is 6.82. The number of aliphatic carboxylic acids is 1. The number of nitrogens with two attached hydrogens (primary N) is 1. The summed E-state index contributed by atoms with van der Waals surface area (Å²) in [7, 11) is 0. The van der Waals surface area contributed by atoms with E-state index in [2.05, 4.69) is 21.1 Å². The number of amides is 2. The fourth-order valence-corrected chi connectivity index (χ4v) is 2.59. The van der Waals surface area contributed by atoms with Gasteiger partial charge in [-0.1, -0.05) is 18.2 Å². The molecule has 6 N–H and O–H groups in total. The smallest absolute Gasteiger partial charge is 0.408 e. The zero-order chi connectivity index (χ0) is 22.8. The van der Waals surface area contributed by atoms with Gasteiger partial charge in [0.1, 0.15) is 12.4 Å². The van der Waals surface area contributed by atoms with Gasteiger partial charge < -0.3 is 25.9 Å². The van der Waals surface area contributed by atoms with Crippen LogP contribution in [-0.2, 0) is 16.0 Å². The Morgan fingerprint density at radius 3 is 2.48 bits per heavy atom. The number of rotatable bonds is 9. The molecule has 10 heteroatoms. The van der Waals surface area contributed by atoms with Crippen molar-refractivity contribution in [3.05, 3.63) is 59.7 Å². The maximum atomic E-state index is 12.5. The zero-order valence-electron chi connectivity index (χ0n) is 17.2. The van der Waals surface area contributed by atoms with Crippen LogP contribution in [0.3, 0.4) is 0 Å². The van der Waals surface area contributed by atoms with E-state index in [1.54, 1.807) is 62.4 Å². The summed E-state index contributed by atoms with van der Waals surface area (Å²) in [5, 5.41) is 14.4. The highest BCUT2D eigenvalue weighted by molar-refractivity contribution is 6.04. The molecule has 2 amide bonds. The summed E-state index contributed by atoms with van der Waals surface area (Å²) in [5.41, 5.74) is 4.46. The second kappa shape index (κ2) is 11.3. The molecule has 0 aliphatic rings. The third-order valence-corrected chi connectivity index (χ3v) is 3.98. The van der Waals surface area contributed by atoms with Crippen molar-refractivity contribution >= 4 is 35.7 Å². The van der Waals surface area contributed by atoms with Crippen LogP contribution in [0.4, 0.5) is 16.2 Å². The van der Waals surface area contributed by atoms with Crippen molar-refractivity contribution in [1.29, 1.82) is 0 Å². The van der Waals surface area contributed by atoms with Gasteiger partial charge in [-0.15, -0.1) is 0 Å². The molecule has 0 heterocycles. The van der Waals surface area contributed by atoms with Gasteiger partial charge in [-0.05, 0) is 49.7 Å². The van der Waals surface area contributed by atoms with Gasteiger partial charge in [0.25, 0.3) is 5.91 Å². The lowest BCUT2D eigenvalue weighted by Crippen LogP contribution is -2.43. The van der Waals surface area contributed by atoms with Crippen molar-refractivity contribution in [2.24, 2.45) is 10.8 Å². The number of carboxylic acid groups (broad SMARTS) is 1. The topological polar surface area (TPSA) is 155 Å². The monoisotopic (exact) mass is 427 g/mol. The summed E-state index contributed by atoms with van der Waals surface area (Å²) in [6.45, 7) is 3.34. The maximum absolute atomic E-state index is 12.5. The number of nitrogens with one attached hydrogen (secondary N) is 3. The van der Waals surface area contributed by atoms with E-state index < -0.39 is 18.1 Å². The minimum Gasteiger partial charge on any atom is -0.480 e. The van der Waals surface area contributed by atoms with E-state index in [4.69, 9.17) is 10.6 Å². The number of carboxylic acids is 1. The van der Waals surface area contributed by atoms with E-state index in [0.29, 0.717) is 22.5 Å². The van der Waals surface area contributed by atoms with E-state index in [1.807, 2.05) is 0 Å². The van der Waals surface area contributed by atoms with Crippen molar-refractivity contribution in [2.45, 2.75) is 32.4 Å². The number of carbonyl (C=O) groups is 3. The van der Waals surface area contributed by atoms with E-state index in [-0.39, 0.29) is 18.4 Å². The first-order valence-corrected chi connectivity index (χ1v) is 9.47. The lowest BCUT2D eigenvalue weighted by molar-refractivity contribution is -0.139. The summed E-state index contributed by atoms with van der Waals surface area (Å²) in [4.78, 5) is 39.6. The van der Waals surface area contributed by atoms with Crippen LogP contribution < -0.4 is 21.9 Å². The number of alkyl carbamates (subject to hydrolysis) is 1. The van der Waals surface area contributed by atoms with Crippen LogP contribution in [0, 0.1) is 0 Å². The molecule has 0 aromatic heterocycles. The predicted octanol–water partition coefficient (Wildman–Crippen LogP) is 2.19. The summed E-state index contributed by atoms with van der Waals surface area (Å²) in [6, 6.07) is 12.2.